The van der Waals surface area contributed by atoms with Gasteiger partial charge in [-0.3, -0.25) is 4.79 Å². The molecular formula is C26H29NO3. The number of nitrogens with one attached hydrogen (secondary N) is 1. The van der Waals surface area contributed by atoms with E-state index < -0.39 is 0 Å². The fraction of sp³-hybridized carbons (Fsp3) is 0.269. The number of ether oxygens (including phenoxy) is 1. The first kappa shape index (κ1) is 21.4. The Balaban J connectivity index is 1.69. The second-order valence-electron chi connectivity index (χ2n) is 7.95. The van der Waals surface area contributed by atoms with Crippen LogP contribution in [-0.4, -0.2) is 11.0 Å². The molecule has 4 nitrogen and oxygen atoms in total. The standard InChI is InChI=1S/C26H29NO3/c1-17(2)23-16-22(11-12-24(23)28)30-26-18(3)14-21(15-19(26)4)27-25(29)13-10-20-8-6-5-7-9-20/h5-9,11-12,14-17,28H,10,13H2,1-4H3,(H,27,29). The third-order valence-electron chi connectivity index (χ3n) is 5.07. The zero-order valence-corrected chi connectivity index (χ0v) is 18.0. The largest absolute Gasteiger partial charge is 0.508 e. The van der Waals surface area contributed by atoms with Gasteiger partial charge in [-0.25, -0.2) is 0 Å². The molecule has 30 heavy (non-hydrogen) atoms. The van der Waals surface area contributed by atoms with Gasteiger partial charge in [-0.05, 0) is 73.2 Å². The first-order valence-electron chi connectivity index (χ1n) is 10.3. The first-order valence-corrected chi connectivity index (χ1v) is 10.3. The second kappa shape index (κ2) is 9.49. The van der Waals surface area contributed by atoms with E-state index in [2.05, 4.69) is 5.32 Å². The molecule has 2 N–H and O–H groups in total. The van der Waals surface area contributed by atoms with Crippen LogP contribution in [0.2, 0.25) is 0 Å². The summed E-state index contributed by atoms with van der Waals surface area (Å²) < 4.78 is 6.13. The lowest BCUT2D eigenvalue weighted by molar-refractivity contribution is -0.116. The van der Waals surface area contributed by atoms with E-state index in [9.17, 15) is 9.90 Å². The molecule has 0 saturated heterocycles. The van der Waals surface area contributed by atoms with E-state index in [1.165, 1.54) is 0 Å². The van der Waals surface area contributed by atoms with E-state index >= 15 is 0 Å². The van der Waals surface area contributed by atoms with E-state index in [4.69, 9.17) is 4.74 Å². The zero-order chi connectivity index (χ0) is 21.7. The van der Waals surface area contributed by atoms with Gasteiger partial charge in [0, 0.05) is 17.7 Å². The van der Waals surface area contributed by atoms with Gasteiger partial charge in [0.2, 0.25) is 5.91 Å². The van der Waals surface area contributed by atoms with Gasteiger partial charge in [0.15, 0.2) is 0 Å². The minimum Gasteiger partial charge on any atom is -0.508 e. The lowest BCUT2D eigenvalue weighted by atomic mass is 10.0. The lowest BCUT2D eigenvalue weighted by Gasteiger charge is -2.16. The summed E-state index contributed by atoms with van der Waals surface area (Å²) in [6.07, 6.45) is 1.15. The fourth-order valence-electron chi connectivity index (χ4n) is 3.49. The highest BCUT2D eigenvalue weighted by atomic mass is 16.5. The van der Waals surface area contributed by atoms with E-state index in [0.717, 1.165) is 33.7 Å². The zero-order valence-electron chi connectivity index (χ0n) is 18.0. The molecule has 1 amide bonds. The number of benzene rings is 3. The van der Waals surface area contributed by atoms with Gasteiger partial charge in [-0.15, -0.1) is 0 Å². The number of anilines is 1. The van der Waals surface area contributed by atoms with Crippen LogP contribution in [0.4, 0.5) is 5.69 Å². The molecule has 0 bridgehead atoms. The molecule has 0 atom stereocenters. The number of hydrogen-bond acceptors (Lipinski definition) is 3. The van der Waals surface area contributed by atoms with Crippen LogP contribution in [0, 0.1) is 13.8 Å². The van der Waals surface area contributed by atoms with Crippen molar-refractivity contribution in [2.24, 2.45) is 0 Å². The van der Waals surface area contributed by atoms with Crippen LogP contribution in [0.3, 0.4) is 0 Å². The van der Waals surface area contributed by atoms with Crippen LogP contribution in [0.5, 0.6) is 17.2 Å². The summed E-state index contributed by atoms with van der Waals surface area (Å²) >= 11 is 0. The maximum Gasteiger partial charge on any atom is 0.224 e. The van der Waals surface area contributed by atoms with Gasteiger partial charge < -0.3 is 15.2 Å². The summed E-state index contributed by atoms with van der Waals surface area (Å²) in [7, 11) is 0. The van der Waals surface area contributed by atoms with Crippen LogP contribution in [0.15, 0.2) is 60.7 Å². The summed E-state index contributed by atoms with van der Waals surface area (Å²) in [4.78, 5) is 12.4. The minimum atomic E-state index is -0.00793. The number of phenolic OH excluding ortho intramolecular Hbond substituents is 1. The molecular weight excluding hydrogens is 374 g/mol. The second-order valence-corrected chi connectivity index (χ2v) is 7.95. The smallest absolute Gasteiger partial charge is 0.224 e. The van der Waals surface area contributed by atoms with Crippen LogP contribution in [-0.2, 0) is 11.2 Å². The number of carbonyl (C=O) groups is 1. The summed E-state index contributed by atoms with van der Waals surface area (Å²) in [6, 6.07) is 19.1. The maximum absolute atomic E-state index is 12.4. The van der Waals surface area contributed by atoms with Crippen molar-refractivity contribution in [2.75, 3.05) is 5.32 Å². The van der Waals surface area contributed by atoms with Crippen molar-refractivity contribution in [3.05, 3.63) is 82.9 Å². The van der Waals surface area contributed by atoms with Crippen molar-refractivity contribution in [3.8, 4) is 17.2 Å². The van der Waals surface area contributed by atoms with Crippen LogP contribution in [0.1, 0.15) is 48.4 Å². The average molecular weight is 404 g/mol. The highest BCUT2D eigenvalue weighted by Gasteiger charge is 2.12. The summed E-state index contributed by atoms with van der Waals surface area (Å²) in [5, 5.41) is 13.0. The van der Waals surface area contributed by atoms with Crippen LogP contribution >= 0.6 is 0 Å². The number of phenols is 1. The quantitative estimate of drug-likeness (QED) is 0.474. The Morgan fingerprint density at radius 1 is 1.00 bits per heavy atom. The molecule has 0 radical (unpaired) electrons. The summed E-state index contributed by atoms with van der Waals surface area (Å²) in [5.41, 5.74) is 4.65. The molecule has 0 aliphatic carbocycles. The van der Waals surface area contributed by atoms with E-state index in [1.54, 1.807) is 12.1 Å². The molecule has 0 aromatic heterocycles. The lowest BCUT2D eigenvalue weighted by Crippen LogP contribution is -2.12. The maximum atomic E-state index is 12.4. The number of carbonyl (C=O) groups excluding carboxylic acids is 1. The van der Waals surface area contributed by atoms with Crippen molar-refractivity contribution >= 4 is 11.6 Å². The normalized spacial score (nSPS) is 10.8. The van der Waals surface area contributed by atoms with Crippen molar-refractivity contribution < 1.29 is 14.6 Å². The monoisotopic (exact) mass is 403 g/mol. The predicted octanol–water partition coefficient (Wildman–Crippen LogP) is 6.50. The van der Waals surface area contributed by atoms with E-state index in [-0.39, 0.29) is 17.6 Å². The Kier molecular flexibility index (Phi) is 6.78. The highest BCUT2D eigenvalue weighted by molar-refractivity contribution is 5.91. The SMILES string of the molecule is Cc1cc(NC(=O)CCc2ccccc2)cc(C)c1Oc1ccc(O)c(C(C)C)c1. The molecule has 4 heteroatoms. The molecule has 0 saturated carbocycles. The molecule has 0 unspecified atom stereocenters. The Morgan fingerprint density at radius 3 is 2.30 bits per heavy atom. The fourth-order valence-corrected chi connectivity index (χ4v) is 3.49. The van der Waals surface area contributed by atoms with Crippen molar-refractivity contribution in [1.29, 1.82) is 0 Å². The van der Waals surface area contributed by atoms with E-state index in [0.29, 0.717) is 18.6 Å². The predicted molar refractivity (Wildman–Crippen MR) is 122 cm³/mol. The summed E-state index contributed by atoms with van der Waals surface area (Å²) in [5.74, 6) is 1.91. The Hall–Kier alpha value is -3.27. The Morgan fingerprint density at radius 2 is 1.67 bits per heavy atom. The molecule has 3 aromatic rings. The number of aryl methyl sites for hydroxylation is 3. The van der Waals surface area contributed by atoms with Gasteiger partial charge in [-0.1, -0.05) is 44.2 Å². The molecule has 0 aliphatic heterocycles. The van der Waals surface area contributed by atoms with Gasteiger partial charge in [-0.2, -0.15) is 0 Å². The van der Waals surface area contributed by atoms with Gasteiger partial charge in [0.05, 0.1) is 0 Å². The molecule has 3 rings (SSSR count). The number of rotatable bonds is 7. The third-order valence-corrected chi connectivity index (χ3v) is 5.07. The van der Waals surface area contributed by atoms with Gasteiger partial charge in [0.1, 0.15) is 17.2 Å². The van der Waals surface area contributed by atoms with E-state index in [1.807, 2.05) is 76.2 Å². The average Bonchev–Trinajstić information content (AvgIpc) is 2.71. The Labute approximate surface area is 178 Å². The van der Waals surface area contributed by atoms with Gasteiger partial charge >= 0.3 is 0 Å². The Bertz CT molecular complexity index is 1000. The minimum absolute atomic E-state index is 0.00793. The number of amides is 1. The van der Waals surface area contributed by atoms with Crippen molar-refractivity contribution in [1.82, 2.24) is 0 Å². The third kappa shape index (κ3) is 5.41. The van der Waals surface area contributed by atoms with Crippen LogP contribution < -0.4 is 10.1 Å². The molecule has 3 aromatic carbocycles. The molecule has 0 heterocycles. The molecule has 0 aliphatic rings. The van der Waals surface area contributed by atoms with Crippen molar-refractivity contribution in [2.45, 2.75) is 46.5 Å². The molecule has 0 spiro atoms. The van der Waals surface area contributed by atoms with Gasteiger partial charge in [0.25, 0.3) is 0 Å². The number of hydrogen-bond donors (Lipinski definition) is 2. The first-order chi connectivity index (χ1) is 14.3. The highest BCUT2D eigenvalue weighted by Crippen LogP contribution is 2.35. The van der Waals surface area contributed by atoms with Crippen molar-refractivity contribution in [3.63, 3.8) is 0 Å². The topological polar surface area (TPSA) is 58.6 Å². The molecule has 0 fully saturated rings. The number of aromatic hydroxyl groups is 1. The van der Waals surface area contributed by atoms with Crippen LogP contribution in [0.25, 0.3) is 0 Å². The summed E-state index contributed by atoms with van der Waals surface area (Å²) in [6.45, 7) is 7.99. The molecule has 156 valence electrons.